The number of benzene rings is 2. The first kappa shape index (κ1) is 21.4. The van der Waals surface area contributed by atoms with Crippen molar-refractivity contribution in [3.8, 4) is 0 Å². The van der Waals surface area contributed by atoms with Crippen molar-refractivity contribution in [3.05, 3.63) is 53.6 Å². The van der Waals surface area contributed by atoms with Gasteiger partial charge in [0.25, 0.3) is 10.0 Å². The standard InChI is InChI=1S/C23H27N3O4S/c1-17-10-9-12-19(18(17)2)26-23(28)25(16-22(27)24-14-7-3-4-8-15-24)20-11-5-6-13-21(20)31(26,29)30/h5-6,9-13H,3-4,7-8,14-16H2,1-2H3. The molecule has 4 rings (SSSR count). The lowest BCUT2D eigenvalue weighted by molar-refractivity contribution is -0.129. The van der Waals surface area contributed by atoms with Gasteiger partial charge < -0.3 is 4.90 Å². The first-order valence-corrected chi connectivity index (χ1v) is 12.1. The molecule has 2 heterocycles. The second-order valence-corrected chi connectivity index (χ2v) is 9.88. The maximum Gasteiger partial charge on any atom is 0.343 e. The zero-order valence-corrected chi connectivity index (χ0v) is 18.7. The fraction of sp³-hybridized carbons (Fsp3) is 0.391. The van der Waals surface area contributed by atoms with E-state index in [1.165, 1.54) is 11.0 Å². The molecule has 0 aromatic heterocycles. The van der Waals surface area contributed by atoms with Crippen molar-refractivity contribution in [1.29, 1.82) is 0 Å². The number of carbonyl (C=O) groups is 2. The molecule has 164 valence electrons. The Morgan fingerprint density at radius 1 is 0.903 bits per heavy atom. The smallest absolute Gasteiger partial charge is 0.341 e. The van der Waals surface area contributed by atoms with E-state index in [0.29, 0.717) is 24.3 Å². The molecule has 0 saturated carbocycles. The van der Waals surface area contributed by atoms with E-state index in [0.717, 1.165) is 35.6 Å². The van der Waals surface area contributed by atoms with Crippen LogP contribution in [0.3, 0.4) is 0 Å². The van der Waals surface area contributed by atoms with Crippen LogP contribution < -0.4 is 9.21 Å². The molecule has 0 N–H and O–H groups in total. The fourth-order valence-electron chi connectivity index (χ4n) is 4.21. The number of hydrogen-bond acceptors (Lipinski definition) is 4. The molecule has 8 heteroatoms. The summed E-state index contributed by atoms with van der Waals surface area (Å²) in [5.41, 5.74) is 2.15. The van der Waals surface area contributed by atoms with Gasteiger partial charge in [-0.05, 0) is 56.0 Å². The molecule has 2 aromatic rings. The van der Waals surface area contributed by atoms with E-state index in [1.807, 2.05) is 13.0 Å². The molecule has 31 heavy (non-hydrogen) atoms. The van der Waals surface area contributed by atoms with Crippen molar-refractivity contribution in [1.82, 2.24) is 4.90 Å². The van der Waals surface area contributed by atoms with Crippen LogP contribution in [0.4, 0.5) is 16.2 Å². The molecule has 1 saturated heterocycles. The van der Waals surface area contributed by atoms with Gasteiger partial charge in [0.15, 0.2) is 0 Å². The van der Waals surface area contributed by atoms with Crippen LogP contribution >= 0.6 is 0 Å². The fourth-order valence-corrected chi connectivity index (χ4v) is 5.86. The van der Waals surface area contributed by atoms with E-state index in [2.05, 4.69) is 0 Å². The maximum absolute atomic E-state index is 13.6. The number of carbonyl (C=O) groups excluding carboxylic acids is 2. The molecule has 7 nitrogen and oxygen atoms in total. The largest absolute Gasteiger partial charge is 0.343 e. The van der Waals surface area contributed by atoms with E-state index >= 15 is 0 Å². The molecule has 0 aliphatic carbocycles. The summed E-state index contributed by atoms with van der Waals surface area (Å²) >= 11 is 0. The third-order valence-corrected chi connectivity index (χ3v) is 7.86. The number of hydrogen-bond donors (Lipinski definition) is 0. The topological polar surface area (TPSA) is 78.0 Å². The van der Waals surface area contributed by atoms with Gasteiger partial charge in [0, 0.05) is 13.1 Å². The number of urea groups is 1. The van der Waals surface area contributed by atoms with Crippen molar-refractivity contribution in [3.63, 3.8) is 0 Å². The van der Waals surface area contributed by atoms with Crippen LogP contribution in [0.1, 0.15) is 36.8 Å². The zero-order chi connectivity index (χ0) is 22.2. The third-order valence-electron chi connectivity index (χ3n) is 6.13. The summed E-state index contributed by atoms with van der Waals surface area (Å²) in [7, 11) is -4.11. The molecular formula is C23H27N3O4S. The number of anilines is 2. The Bertz CT molecular complexity index is 1120. The van der Waals surface area contributed by atoms with Crippen LogP contribution in [0.2, 0.25) is 0 Å². The normalized spacial score (nSPS) is 18.5. The summed E-state index contributed by atoms with van der Waals surface area (Å²) in [5.74, 6) is -0.162. The van der Waals surface area contributed by atoms with Crippen LogP contribution in [0.5, 0.6) is 0 Å². The van der Waals surface area contributed by atoms with Gasteiger partial charge in [0.05, 0.1) is 11.4 Å². The number of rotatable bonds is 3. The number of amides is 3. The second-order valence-electron chi connectivity index (χ2n) is 8.12. The molecule has 0 unspecified atom stereocenters. The first-order valence-electron chi connectivity index (χ1n) is 10.6. The Kier molecular flexibility index (Phi) is 5.75. The van der Waals surface area contributed by atoms with E-state index < -0.39 is 16.1 Å². The van der Waals surface area contributed by atoms with Crippen molar-refractivity contribution in [2.45, 2.75) is 44.4 Å². The molecule has 0 atom stereocenters. The Hall–Kier alpha value is -2.87. The Balaban J connectivity index is 1.77. The molecule has 2 aliphatic heterocycles. The molecular weight excluding hydrogens is 414 g/mol. The number of likely N-dealkylation sites (tertiary alicyclic amines) is 1. The van der Waals surface area contributed by atoms with Crippen molar-refractivity contribution in [2.24, 2.45) is 0 Å². The zero-order valence-electron chi connectivity index (χ0n) is 17.9. The van der Waals surface area contributed by atoms with Gasteiger partial charge in [-0.3, -0.25) is 9.69 Å². The lowest BCUT2D eigenvalue weighted by Gasteiger charge is -2.37. The number of sulfonamides is 1. The Morgan fingerprint density at radius 3 is 2.26 bits per heavy atom. The van der Waals surface area contributed by atoms with Crippen molar-refractivity contribution < 1.29 is 18.0 Å². The average Bonchev–Trinajstić information content (AvgIpc) is 3.04. The van der Waals surface area contributed by atoms with Gasteiger partial charge in [0.2, 0.25) is 5.91 Å². The van der Waals surface area contributed by atoms with Crippen LogP contribution in [0.15, 0.2) is 47.4 Å². The minimum atomic E-state index is -4.11. The predicted octanol–water partition coefficient (Wildman–Crippen LogP) is 3.84. The molecule has 0 spiro atoms. The minimum absolute atomic E-state index is 0.0270. The number of aryl methyl sites for hydroxylation is 1. The highest BCUT2D eigenvalue weighted by Crippen LogP contribution is 2.38. The van der Waals surface area contributed by atoms with Gasteiger partial charge >= 0.3 is 6.03 Å². The van der Waals surface area contributed by atoms with E-state index in [1.54, 1.807) is 42.2 Å². The van der Waals surface area contributed by atoms with Gasteiger partial charge in [-0.15, -0.1) is 0 Å². The summed E-state index contributed by atoms with van der Waals surface area (Å²) in [5, 5.41) is 0. The highest BCUT2D eigenvalue weighted by atomic mass is 32.2. The van der Waals surface area contributed by atoms with Gasteiger partial charge in [-0.2, -0.15) is 4.31 Å². The van der Waals surface area contributed by atoms with E-state index in [4.69, 9.17) is 0 Å². The summed E-state index contributed by atoms with van der Waals surface area (Å²) in [6.07, 6.45) is 4.07. The molecule has 0 radical (unpaired) electrons. The minimum Gasteiger partial charge on any atom is -0.341 e. The van der Waals surface area contributed by atoms with E-state index in [9.17, 15) is 18.0 Å². The molecule has 3 amide bonds. The Labute approximate surface area is 183 Å². The summed E-state index contributed by atoms with van der Waals surface area (Å²) in [6, 6.07) is 10.9. The quantitative estimate of drug-likeness (QED) is 0.725. The van der Waals surface area contributed by atoms with Crippen molar-refractivity contribution in [2.75, 3.05) is 28.8 Å². The summed E-state index contributed by atoms with van der Waals surface area (Å²) in [6.45, 7) is 4.81. The highest BCUT2D eigenvalue weighted by Gasteiger charge is 2.43. The molecule has 2 aromatic carbocycles. The maximum atomic E-state index is 13.6. The molecule has 0 bridgehead atoms. The lowest BCUT2D eigenvalue weighted by atomic mass is 10.1. The number of nitrogens with zero attached hydrogens (tertiary/aromatic N) is 3. The SMILES string of the molecule is Cc1cccc(N2C(=O)N(CC(=O)N3CCCCCC3)c3ccccc3S2(=O)=O)c1C. The van der Waals surface area contributed by atoms with Crippen LogP contribution in [-0.4, -0.2) is 44.9 Å². The monoisotopic (exact) mass is 441 g/mol. The number of fused-ring (bicyclic) bond motifs is 1. The highest BCUT2D eigenvalue weighted by molar-refractivity contribution is 7.94. The predicted molar refractivity (Wildman–Crippen MR) is 120 cm³/mol. The van der Waals surface area contributed by atoms with Gasteiger partial charge in [-0.25, -0.2) is 13.2 Å². The van der Waals surface area contributed by atoms with Crippen LogP contribution in [0.25, 0.3) is 0 Å². The summed E-state index contributed by atoms with van der Waals surface area (Å²) in [4.78, 5) is 29.7. The Morgan fingerprint density at radius 2 is 1.55 bits per heavy atom. The lowest BCUT2D eigenvalue weighted by Crippen LogP contribution is -2.54. The molecule has 2 aliphatic rings. The first-order chi connectivity index (χ1) is 14.8. The van der Waals surface area contributed by atoms with Crippen LogP contribution in [-0.2, 0) is 14.8 Å². The van der Waals surface area contributed by atoms with E-state index in [-0.39, 0.29) is 23.0 Å². The van der Waals surface area contributed by atoms with Crippen molar-refractivity contribution >= 4 is 33.3 Å². The molecule has 1 fully saturated rings. The number of para-hydroxylation sites is 1. The van der Waals surface area contributed by atoms with Gasteiger partial charge in [-0.1, -0.05) is 37.1 Å². The van der Waals surface area contributed by atoms with Crippen LogP contribution in [0, 0.1) is 13.8 Å². The average molecular weight is 442 g/mol. The van der Waals surface area contributed by atoms with Gasteiger partial charge in [0.1, 0.15) is 11.4 Å². The second kappa shape index (κ2) is 8.34. The third kappa shape index (κ3) is 3.80. The summed E-state index contributed by atoms with van der Waals surface area (Å²) < 4.78 is 27.7.